The molecule has 2 aromatic carbocycles. The molecule has 6 heteroatoms. The Morgan fingerprint density at radius 2 is 2.04 bits per heavy atom. The summed E-state index contributed by atoms with van der Waals surface area (Å²) in [5.41, 5.74) is 2.91. The number of likely N-dealkylation sites (tertiary alicyclic amines) is 1. The first-order valence-electron chi connectivity index (χ1n) is 9.09. The third-order valence-electron chi connectivity index (χ3n) is 4.89. The standard InChI is InChI=1S/C21H20N4O2/c22-13-15-4-3-5-17(12-15)23-20(26)14-25-10-8-16(9-11-25)21-24-18-6-1-2-7-19(18)27-21/h1-7,12,16H,8-11,14H2,(H,23,26). The molecule has 0 bridgehead atoms. The Labute approximate surface area is 157 Å². The molecular weight excluding hydrogens is 340 g/mol. The average molecular weight is 360 g/mol. The molecule has 1 aliphatic heterocycles. The number of rotatable bonds is 4. The van der Waals surface area contributed by atoms with E-state index >= 15 is 0 Å². The molecule has 1 saturated heterocycles. The van der Waals surface area contributed by atoms with Crippen LogP contribution in [0.1, 0.15) is 30.2 Å². The van der Waals surface area contributed by atoms with E-state index in [1.165, 1.54) is 0 Å². The summed E-state index contributed by atoms with van der Waals surface area (Å²) in [4.78, 5) is 19.0. The second kappa shape index (κ2) is 7.60. The first-order valence-corrected chi connectivity index (χ1v) is 9.09. The zero-order valence-electron chi connectivity index (χ0n) is 14.9. The van der Waals surface area contributed by atoms with E-state index in [0.717, 1.165) is 42.9 Å². The van der Waals surface area contributed by atoms with Crippen LogP contribution in [0.2, 0.25) is 0 Å². The van der Waals surface area contributed by atoms with E-state index in [1.54, 1.807) is 24.3 Å². The minimum atomic E-state index is -0.0644. The summed E-state index contributed by atoms with van der Waals surface area (Å²) in [5, 5.41) is 11.8. The third kappa shape index (κ3) is 3.99. The number of hydrogen-bond acceptors (Lipinski definition) is 5. The highest BCUT2D eigenvalue weighted by atomic mass is 16.3. The Morgan fingerprint density at radius 1 is 1.22 bits per heavy atom. The Kier molecular flexibility index (Phi) is 4.86. The van der Waals surface area contributed by atoms with Crippen molar-refractivity contribution in [2.24, 2.45) is 0 Å². The van der Waals surface area contributed by atoms with Crippen LogP contribution in [-0.4, -0.2) is 35.4 Å². The number of hydrogen-bond donors (Lipinski definition) is 1. The van der Waals surface area contributed by atoms with E-state index in [4.69, 9.17) is 9.68 Å². The van der Waals surface area contributed by atoms with Gasteiger partial charge in [0.1, 0.15) is 5.52 Å². The van der Waals surface area contributed by atoms with Crippen LogP contribution in [0.5, 0.6) is 0 Å². The van der Waals surface area contributed by atoms with Crippen LogP contribution < -0.4 is 5.32 Å². The van der Waals surface area contributed by atoms with Gasteiger partial charge in [0.25, 0.3) is 0 Å². The maximum absolute atomic E-state index is 12.3. The van der Waals surface area contributed by atoms with Crippen LogP contribution in [-0.2, 0) is 4.79 Å². The van der Waals surface area contributed by atoms with Gasteiger partial charge in [-0.3, -0.25) is 9.69 Å². The van der Waals surface area contributed by atoms with Gasteiger partial charge in [-0.1, -0.05) is 18.2 Å². The monoisotopic (exact) mass is 360 g/mol. The van der Waals surface area contributed by atoms with Crippen molar-refractivity contribution < 1.29 is 9.21 Å². The Bertz CT molecular complexity index is 964. The molecular formula is C21H20N4O2. The summed E-state index contributed by atoms with van der Waals surface area (Å²) >= 11 is 0. The predicted octanol–water partition coefficient (Wildman–Crippen LogP) is 3.52. The van der Waals surface area contributed by atoms with Crippen molar-refractivity contribution in [1.82, 2.24) is 9.88 Å². The van der Waals surface area contributed by atoms with Crippen LogP contribution >= 0.6 is 0 Å². The van der Waals surface area contributed by atoms with Crippen LogP contribution in [0.3, 0.4) is 0 Å². The third-order valence-corrected chi connectivity index (χ3v) is 4.89. The zero-order valence-corrected chi connectivity index (χ0v) is 14.9. The molecule has 1 fully saturated rings. The van der Waals surface area contributed by atoms with Crippen molar-refractivity contribution in [3.8, 4) is 6.07 Å². The maximum atomic E-state index is 12.3. The molecule has 0 unspecified atom stereocenters. The van der Waals surface area contributed by atoms with Gasteiger partial charge in [0.15, 0.2) is 11.5 Å². The number of nitrogens with one attached hydrogen (secondary N) is 1. The lowest BCUT2D eigenvalue weighted by molar-refractivity contribution is -0.117. The summed E-state index contributed by atoms with van der Waals surface area (Å²) in [5.74, 6) is 1.03. The number of amides is 1. The lowest BCUT2D eigenvalue weighted by atomic mass is 9.97. The van der Waals surface area contributed by atoms with Gasteiger partial charge in [0.05, 0.1) is 18.2 Å². The normalized spacial score (nSPS) is 15.5. The number of piperidine rings is 1. The molecule has 1 amide bonds. The second-order valence-corrected chi connectivity index (χ2v) is 6.81. The first-order chi connectivity index (χ1) is 13.2. The van der Waals surface area contributed by atoms with Crippen molar-refractivity contribution in [1.29, 1.82) is 5.26 Å². The topological polar surface area (TPSA) is 82.2 Å². The molecule has 1 aliphatic rings. The fourth-order valence-electron chi connectivity index (χ4n) is 3.47. The number of para-hydroxylation sites is 2. The molecule has 0 spiro atoms. The Hall–Kier alpha value is -3.17. The smallest absolute Gasteiger partial charge is 0.238 e. The molecule has 0 aliphatic carbocycles. The summed E-state index contributed by atoms with van der Waals surface area (Å²) in [6, 6.07) is 16.8. The van der Waals surface area contributed by atoms with E-state index in [0.29, 0.717) is 23.7 Å². The number of aromatic nitrogens is 1. The number of nitriles is 1. The lowest BCUT2D eigenvalue weighted by Gasteiger charge is -2.29. The second-order valence-electron chi connectivity index (χ2n) is 6.81. The lowest BCUT2D eigenvalue weighted by Crippen LogP contribution is -2.38. The number of oxazole rings is 1. The SMILES string of the molecule is N#Cc1cccc(NC(=O)CN2CCC(c3nc4ccccc4o3)CC2)c1. The summed E-state index contributed by atoms with van der Waals surface area (Å²) in [6.45, 7) is 2.00. The van der Waals surface area contributed by atoms with Gasteiger partial charge in [-0.15, -0.1) is 0 Å². The van der Waals surface area contributed by atoms with E-state index in [1.807, 2.05) is 24.3 Å². The maximum Gasteiger partial charge on any atom is 0.238 e. The van der Waals surface area contributed by atoms with Gasteiger partial charge < -0.3 is 9.73 Å². The van der Waals surface area contributed by atoms with E-state index < -0.39 is 0 Å². The fraction of sp³-hybridized carbons (Fsp3) is 0.286. The highest BCUT2D eigenvalue weighted by Gasteiger charge is 2.25. The molecule has 27 heavy (non-hydrogen) atoms. The van der Waals surface area contributed by atoms with Crippen LogP contribution in [0, 0.1) is 11.3 Å². The first kappa shape index (κ1) is 17.3. The van der Waals surface area contributed by atoms with Gasteiger partial charge >= 0.3 is 0 Å². The number of benzene rings is 2. The number of nitrogens with zero attached hydrogens (tertiary/aromatic N) is 3. The van der Waals surface area contributed by atoms with Gasteiger partial charge in [0.2, 0.25) is 5.91 Å². The molecule has 2 heterocycles. The van der Waals surface area contributed by atoms with Crippen molar-refractivity contribution >= 4 is 22.7 Å². The average Bonchev–Trinajstić information content (AvgIpc) is 3.13. The molecule has 0 saturated carbocycles. The largest absolute Gasteiger partial charge is 0.440 e. The van der Waals surface area contributed by atoms with Crippen LogP contribution in [0.15, 0.2) is 52.9 Å². The molecule has 1 aromatic heterocycles. The van der Waals surface area contributed by atoms with Gasteiger partial charge in [0, 0.05) is 11.6 Å². The van der Waals surface area contributed by atoms with Crippen molar-refractivity contribution in [2.75, 3.05) is 25.0 Å². The molecule has 136 valence electrons. The van der Waals surface area contributed by atoms with Gasteiger partial charge in [-0.2, -0.15) is 5.26 Å². The molecule has 0 atom stereocenters. The number of carbonyl (C=O) groups is 1. The fourth-order valence-corrected chi connectivity index (χ4v) is 3.47. The summed E-state index contributed by atoms with van der Waals surface area (Å²) < 4.78 is 5.89. The van der Waals surface area contributed by atoms with Crippen molar-refractivity contribution in [3.05, 3.63) is 60.0 Å². The van der Waals surface area contributed by atoms with Crippen molar-refractivity contribution in [3.63, 3.8) is 0 Å². The zero-order chi connectivity index (χ0) is 18.6. The van der Waals surface area contributed by atoms with E-state index in [9.17, 15) is 4.79 Å². The molecule has 4 rings (SSSR count). The Morgan fingerprint density at radius 3 is 2.81 bits per heavy atom. The molecule has 1 N–H and O–H groups in total. The quantitative estimate of drug-likeness (QED) is 0.770. The number of anilines is 1. The minimum absolute atomic E-state index is 0.0644. The highest BCUT2D eigenvalue weighted by molar-refractivity contribution is 5.92. The highest BCUT2D eigenvalue weighted by Crippen LogP contribution is 2.29. The van der Waals surface area contributed by atoms with Gasteiger partial charge in [-0.05, 0) is 56.3 Å². The van der Waals surface area contributed by atoms with Gasteiger partial charge in [-0.25, -0.2) is 4.98 Å². The van der Waals surface area contributed by atoms with Crippen molar-refractivity contribution in [2.45, 2.75) is 18.8 Å². The Balaban J connectivity index is 1.31. The molecule has 3 aromatic rings. The molecule has 6 nitrogen and oxygen atoms in total. The van der Waals surface area contributed by atoms with E-state index in [-0.39, 0.29) is 5.91 Å². The summed E-state index contributed by atoms with van der Waals surface area (Å²) in [6.07, 6.45) is 1.84. The van der Waals surface area contributed by atoms with Crippen LogP contribution in [0.25, 0.3) is 11.1 Å². The summed E-state index contributed by atoms with van der Waals surface area (Å²) in [7, 11) is 0. The number of fused-ring (bicyclic) bond motifs is 1. The minimum Gasteiger partial charge on any atom is -0.440 e. The van der Waals surface area contributed by atoms with E-state index in [2.05, 4.69) is 21.3 Å². The molecule has 0 radical (unpaired) electrons. The number of carbonyl (C=O) groups excluding carboxylic acids is 1. The van der Waals surface area contributed by atoms with Crippen LogP contribution in [0.4, 0.5) is 5.69 Å². The predicted molar refractivity (Wildman–Crippen MR) is 102 cm³/mol.